The maximum absolute atomic E-state index is 13.3. The monoisotopic (exact) mass is 318 g/mol. The van der Waals surface area contributed by atoms with Gasteiger partial charge in [0, 0.05) is 12.8 Å². The Morgan fingerprint density at radius 1 is 1.29 bits per heavy atom. The highest BCUT2D eigenvalue weighted by molar-refractivity contribution is 7.86. The zero-order chi connectivity index (χ0) is 15.7. The fraction of sp³-hybridized carbons (Fsp3) is 0.600. The molecule has 1 aliphatic carbocycles. The van der Waals surface area contributed by atoms with Gasteiger partial charge in [-0.05, 0) is 44.2 Å². The Hall–Kier alpha value is -1.01. The first-order chi connectivity index (χ1) is 9.75. The average Bonchev–Trinajstić information content (AvgIpc) is 2.38. The molecule has 0 saturated heterocycles. The van der Waals surface area contributed by atoms with Gasteiger partial charge >= 0.3 is 0 Å². The smallest absolute Gasteiger partial charge is 0.267 e. The van der Waals surface area contributed by atoms with Crippen molar-refractivity contribution in [3.8, 4) is 0 Å². The van der Waals surface area contributed by atoms with Crippen molar-refractivity contribution in [3.05, 3.63) is 29.3 Å². The van der Waals surface area contributed by atoms with Crippen LogP contribution in [0.3, 0.4) is 0 Å². The molecule has 0 N–H and O–H groups in total. The maximum Gasteiger partial charge on any atom is 0.297 e. The fourth-order valence-electron chi connectivity index (χ4n) is 2.78. The molecule has 0 bridgehead atoms. The molecule has 0 aromatic heterocycles. The molecule has 0 aliphatic heterocycles. The van der Waals surface area contributed by atoms with Crippen LogP contribution in [-0.4, -0.2) is 20.9 Å². The van der Waals surface area contributed by atoms with Crippen molar-refractivity contribution in [2.24, 2.45) is 0 Å². The van der Waals surface area contributed by atoms with Crippen LogP contribution >= 0.6 is 0 Å². The number of aryl methyl sites for hydroxylation is 1. The third-order valence-electron chi connectivity index (χ3n) is 3.86. The van der Waals surface area contributed by atoms with E-state index < -0.39 is 16.0 Å². The number of halogens is 2. The van der Waals surface area contributed by atoms with Crippen LogP contribution in [0, 0.1) is 6.92 Å². The molecule has 2 rings (SSSR count). The van der Waals surface area contributed by atoms with Gasteiger partial charge in [0.15, 0.2) is 0 Å². The summed E-state index contributed by atoms with van der Waals surface area (Å²) in [5.74, 6) is -2.78. The molecule has 1 aliphatic rings. The summed E-state index contributed by atoms with van der Waals surface area (Å²) in [7, 11) is -3.82. The first-order valence-corrected chi connectivity index (χ1v) is 8.54. The minimum absolute atomic E-state index is 0.0540. The van der Waals surface area contributed by atoms with E-state index >= 15 is 0 Å². The Morgan fingerprint density at radius 2 is 1.90 bits per heavy atom. The topological polar surface area (TPSA) is 43.4 Å². The van der Waals surface area contributed by atoms with Gasteiger partial charge in [-0.2, -0.15) is 8.42 Å². The van der Waals surface area contributed by atoms with E-state index in [0.717, 1.165) is 5.56 Å². The van der Waals surface area contributed by atoms with E-state index in [0.29, 0.717) is 18.4 Å². The van der Waals surface area contributed by atoms with E-state index in [1.54, 1.807) is 19.1 Å². The lowest BCUT2D eigenvalue weighted by atomic mass is 9.82. The molecule has 1 aromatic rings. The standard InChI is InChI=1S/C15H20F2O3S/c1-3-20-21(18,19)14-5-4-11(2)10-13(14)12-6-8-15(16,17)9-7-12/h4-5,10,12H,3,6-9H2,1-2H3. The molecule has 0 atom stereocenters. The number of hydrogen-bond acceptors (Lipinski definition) is 3. The molecule has 1 aromatic carbocycles. The van der Waals surface area contributed by atoms with Gasteiger partial charge in [-0.15, -0.1) is 0 Å². The van der Waals surface area contributed by atoms with E-state index in [1.165, 1.54) is 6.07 Å². The summed E-state index contributed by atoms with van der Waals surface area (Å²) in [5, 5.41) is 0. The second kappa shape index (κ2) is 6.01. The molecule has 118 valence electrons. The van der Waals surface area contributed by atoms with E-state index in [1.807, 2.05) is 6.92 Å². The van der Waals surface area contributed by atoms with Crippen molar-refractivity contribution in [1.82, 2.24) is 0 Å². The van der Waals surface area contributed by atoms with Gasteiger partial charge in [0.2, 0.25) is 5.92 Å². The van der Waals surface area contributed by atoms with Gasteiger partial charge in [0.05, 0.1) is 11.5 Å². The second-order valence-electron chi connectivity index (χ2n) is 5.53. The van der Waals surface area contributed by atoms with Crippen LogP contribution in [0.4, 0.5) is 8.78 Å². The van der Waals surface area contributed by atoms with Crippen LogP contribution in [0.1, 0.15) is 49.7 Å². The molecule has 0 heterocycles. The second-order valence-corrected chi connectivity index (χ2v) is 7.12. The average molecular weight is 318 g/mol. The molecule has 6 heteroatoms. The normalized spacial score (nSPS) is 19.6. The van der Waals surface area contributed by atoms with Crippen molar-refractivity contribution in [2.45, 2.75) is 56.3 Å². The first-order valence-electron chi connectivity index (χ1n) is 7.13. The van der Waals surface area contributed by atoms with Crippen molar-refractivity contribution in [2.75, 3.05) is 6.61 Å². The number of benzene rings is 1. The molecule has 0 radical (unpaired) electrons. The zero-order valence-electron chi connectivity index (χ0n) is 12.2. The predicted molar refractivity (Wildman–Crippen MR) is 76.1 cm³/mol. The van der Waals surface area contributed by atoms with Crippen LogP contribution < -0.4 is 0 Å². The minimum atomic E-state index is -3.82. The highest BCUT2D eigenvalue weighted by Gasteiger charge is 2.37. The summed E-state index contributed by atoms with van der Waals surface area (Å²) in [6.45, 7) is 3.52. The first kappa shape index (κ1) is 16.4. The summed E-state index contributed by atoms with van der Waals surface area (Å²) in [6.07, 6.45) is 0.204. The lowest BCUT2D eigenvalue weighted by Crippen LogP contribution is -2.24. The van der Waals surface area contributed by atoms with Crippen LogP contribution in [0.2, 0.25) is 0 Å². The highest BCUT2D eigenvalue weighted by atomic mass is 32.2. The molecule has 1 saturated carbocycles. The molecule has 0 amide bonds. The van der Waals surface area contributed by atoms with Crippen molar-refractivity contribution >= 4 is 10.1 Å². The van der Waals surface area contributed by atoms with Crippen molar-refractivity contribution in [3.63, 3.8) is 0 Å². The predicted octanol–water partition coefficient (Wildman–Crippen LogP) is 4.01. The van der Waals surface area contributed by atoms with E-state index in [-0.39, 0.29) is 30.3 Å². The van der Waals surface area contributed by atoms with Crippen LogP contribution in [0.5, 0.6) is 0 Å². The summed E-state index contributed by atoms with van der Waals surface area (Å²) in [6, 6.07) is 5.00. The van der Waals surface area contributed by atoms with Gasteiger partial charge in [0.1, 0.15) is 0 Å². The highest BCUT2D eigenvalue weighted by Crippen LogP contribution is 2.42. The fourth-order valence-corrected chi connectivity index (χ4v) is 3.97. The van der Waals surface area contributed by atoms with Crippen molar-refractivity contribution in [1.29, 1.82) is 0 Å². The summed E-state index contributed by atoms with van der Waals surface area (Å²) in [4.78, 5) is 0.116. The Balaban J connectivity index is 2.37. The van der Waals surface area contributed by atoms with Crippen LogP contribution in [-0.2, 0) is 14.3 Å². The number of alkyl halides is 2. The molecular formula is C15H20F2O3S. The zero-order valence-corrected chi connectivity index (χ0v) is 13.1. The van der Waals surface area contributed by atoms with Gasteiger partial charge in [-0.25, -0.2) is 8.78 Å². The van der Waals surface area contributed by atoms with E-state index in [2.05, 4.69) is 0 Å². The molecule has 21 heavy (non-hydrogen) atoms. The summed E-state index contributed by atoms with van der Waals surface area (Å²) < 4.78 is 55.7. The van der Waals surface area contributed by atoms with E-state index in [4.69, 9.17) is 4.18 Å². The quantitative estimate of drug-likeness (QED) is 0.788. The van der Waals surface area contributed by atoms with Gasteiger partial charge in [-0.1, -0.05) is 17.7 Å². The Kier molecular flexibility index (Phi) is 4.68. The summed E-state index contributed by atoms with van der Waals surface area (Å²) in [5.41, 5.74) is 1.52. The SMILES string of the molecule is CCOS(=O)(=O)c1ccc(C)cc1C1CCC(F)(F)CC1. The molecular weight excluding hydrogens is 298 g/mol. The Morgan fingerprint density at radius 3 is 2.48 bits per heavy atom. The Labute approximate surface area is 124 Å². The summed E-state index contributed by atoms with van der Waals surface area (Å²) >= 11 is 0. The van der Waals surface area contributed by atoms with Gasteiger partial charge in [0.25, 0.3) is 10.1 Å². The molecule has 3 nitrogen and oxygen atoms in total. The number of rotatable bonds is 4. The minimum Gasteiger partial charge on any atom is -0.267 e. The number of hydrogen-bond donors (Lipinski definition) is 0. The van der Waals surface area contributed by atoms with E-state index in [9.17, 15) is 17.2 Å². The third kappa shape index (κ3) is 3.80. The third-order valence-corrected chi connectivity index (χ3v) is 5.32. The molecule has 0 unspecified atom stereocenters. The molecule has 0 spiro atoms. The maximum atomic E-state index is 13.3. The van der Waals surface area contributed by atoms with Gasteiger partial charge < -0.3 is 0 Å². The van der Waals surface area contributed by atoms with Gasteiger partial charge in [-0.3, -0.25) is 4.18 Å². The Bertz CT molecular complexity index is 601. The largest absolute Gasteiger partial charge is 0.297 e. The molecule has 1 fully saturated rings. The lowest BCUT2D eigenvalue weighted by Gasteiger charge is -2.29. The van der Waals surface area contributed by atoms with Crippen LogP contribution in [0.15, 0.2) is 23.1 Å². The van der Waals surface area contributed by atoms with Crippen molar-refractivity contribution < 1.29 is 21.4 Å². The van der Waals surface area contributed by atoms with Crippen LogP contribution in [0.25, 0.3) is 0 Å². The lowest BCUT2D eigenvalue weighted by molar-refractivity contribution is -0.0383.